The lowest BCUT2D eigenvalue weighted by atomic mass is 10.1. The van der Waals surface area contributed by atoms with Gasteiger partial charge in [0, 0.05) is 36.7 Å². The highest BCUT2D eigenvalue weighted by Crippen LogP contribution is 2.26. The van der Waals surface area contributed by atoms with Crippen molar-refractivity contribution in [1.29, 1.82) is 0 Å². The zero-order chi connectivity index (χ0) is 14.0. The van der Waals surface area contributed by atoms with E-state index in [4.69, 9.17) is 0 Å². The van der Waals surface area contributed by atoms with Crippen molar-refractivity contribution >= 4 is 27.6 Å². The van der Waals surface area contributed by atoms with Crippen LogP contribution in [0.1, 0.15) is 24.2 Å². The molecule has 1 aliphatic rings. The third kappa shape index (κ3) is 3.28. The second kappa shape index (κ2) is 5.92. The van der Waals surface area contributed by atoms with Gasteiger partial charge in [-0.05, 0) is 32.0 Å². The molecule has 0 atom stereocenters. The molecule has 4 nitrogen and oxygen atoms in total. The molecule has 0 aromatic heterocycles. The molecule has 0 radical (unpaired) electrons. The number of piperazine rings is 1. The fourth-order valence-corrected chi connectivity index (χ4v) is 2.78. The van der Waals surface area contributed by atoms with E-state index in [1.807, 2.05) is 6.07 Å². The van der Waals surface area contributed by atoms with Crippen molar-refractivity contribution in [3.63, 3.8) is 0 Å². The summed E-state index contributed by atoms with van der Waals surface area (Å²) in [6.45, 7) is 8.07. The van der Waals surface area contributed by atoms with Crippen molar-refractivity contribution in [2.45, 2.75) is 19.9 Å². The van der Waals surface area contributed by atoms with Crippen LogP contribution >= 0.6 is 15.9 Å². The molecule has 0 bridgehead atoms. The topological polar surface area (TPSA) is 43.8 Å². The summed E-state index contributed by atoms with van der Waals surface area (Å²) in [4.78, 5) is 15.9. The first-order valence-corrected chi connectivity index (χ1v) is 7.30. The first-order chi connectivity index (χ1) is 8.99. The number of aromatic carboxylic acids is 1. The predicted molar refractivity (Wildman–Crippen MR) is 80.0 cm³/mol. The molecule has 1 aliphatic heterocycles. The summed E-state index contributed by atoms with van der Waals surface area (Å²) in [6.07, 6.45) is 0. The van der Waals surface area contributed by atoms with E-state index in [0.717, 1.165) is 36.3 Å². The van der Waals surface area contributed by atoms with Crippen LogP contribution < -0.4 is 4.90 Å². The summed E-state index contributed by atoms with van der Waals surface area (Å²) >= 11 is 3.42. The number of nitrogens with zero attached hydrogens (tertiary/aromatic N) is 2. The highest BCUT2D eigenvalue weighted by atomic mass is 79.9. The van der Waals surface area contributed by atoms with Crippen molar-refractivity contribution in [3.05, 3.63) is 28.2 Å². The molecule has 2 rings (SSSR count). The van der Waals surface area contributed by atoms with Crippen molar-refractivity contribution in [2.75, 3.05) is 31.1 Å². The van der Waals surface area contributed by atoms with Gasteiger partial charge in [0.05, 0.1) is 11.3 Å². The zero-order valence-electron chi connectivity index (χ0n) is 11.3. The second-order valence-corrected chi connectivity index (χ2v) is 6.00. The average molecular weight is 327 g/mol. The number of anilines is 1. The number of benzene rings is 1. The van der Waals surface area contributed by atoms with Gasteiger partial charge in [-0.3, -0.25) is 4.90 Å². The lowest BCUT2D eigenvalue weighted by molar-refractivity contribution is 0.0697. The van der Waals surface area contributed by atoms with Gasteiger partial charge in [0.15, 0.2) is 0 Å². The Morgan fingerprint density at radius 2 is 1.89 bits per heavy atom. The van der Waals surface area contributed by atoms with Gasteiger partial charge in [0.25, 0.3) is 0 Å². The Bertz CT molecular complexity index is 469. The number of hydrogen-bond acceptors (Lipinski definition) is 3. The van der Waals surface area contributed by atoms with Gasteiger partial charge >= 0.3 is 5.97 Å². The van der Waals surface area contributed by atoms with Crippen LogP contribution in [0.15, 0.2) is 22.7 Å². The number of hydrogen-bond donors (Lipinski definition) is 1. The Morgan fingerprint density at radius 3 is 2.42 bits per heavy atom. The average Bonchev–Trinajstić information content (AvgIpc) is 2.38. The molecule has 5 heteroatoms. The van der Waals surface area contributed by atoms with Crippen molar-refractivity contribution in [3.8, 4) is 0 Å². The molecule has 0 amide bonds. The van der Waals surface area contributed by atoms with E-state index in [-0.39, 0.29) is 0 Å². The van der Waals surface area contributed by atoms with E-state index < -0.39 is 5.97 Å². The second-order valence-electron chi connectivity index (χ2n) is 5.08. The summed E-state index contributed by atoms with van der Waals surface area (Å²) in [6, 6.07) is 5.88. The Balaban J connectivity index is 2.19. The van der Waals surface area contributed by atoms with Crippen LogP contribution in [0.4, 0.5) is 5.69 Å². The van der Waals surface area contributed by atoms with Gasteiger partial charge in [-0.2, -0.15) is 0 Å². The summed E-state index contributed by atoms with van der Waals surface area (Å²) in [5, 5.41) is 9.28. The summed E-state index contributed by atoms with van der Waals surface area (Å²) in [5.74, 6) is -0.867. The quantitative estimate of drug-likeness (QED) is 0.927. The molecule has 1 aromatic rings. The minimum absolute atomic E-state index is 0.376. The Kier molecular flexibility index (Phi) is 4.47. The molecule has 0 saturated carbocycles. The fourth-order valence-electron chi connectivity index (χ4n) is 2.43. The maximum absolute atomic E-state index is 11.3. The van der Waals surface area contributed by atoms with E-state index in [0.29, 0.717) is 11.6 Å². The number of carboxylic acids is 1. The maximum atomic E-state index is 11.3. The maximum Gasteiger partial charge on any atom is 0.337 e. The highest BCUT2D eigenvalue weighted by molar-refractivity contribution is 9.10. The van der Waals surface area contributed by atoms with Crippen LogP contribution in [0.3, 0.4) is 0 Å². The van der Waals surface area contributed by atoms with Gasteiger partial charge in [-0.15, -0.1) is 0 Å². The molecule has 1 fully saturated rings. The predicted octanol–water partition coefficient (Wildman–Crippen LogP) is 2.68. The fraction of sp³-hybridized carbons (Fsp3) is 0.500. The number of carbonyl (C=O) groups is 1. The smallest absolute Gasteiger partial charge is 0.337 e. The Morgan fingerprint density at radius 1 is 1.26 bits per heavy atom. The van der Waals surface area contributed by atoms with Crippen LogP contribution in [0.5, 0.6) is 0 Å². The first kappa shape index (κ1) is 14.3. The molecule has 0 spiro atoms. The number of halogens is 1. The SMILES string of the molecule is CC(C)N1CCN(c2cc(Br)ccc2C(=O)O)CC1. The molecule has 0 aliphatic carbocycles. The summed E-state index contributed by atoms with van der Waals surface area (Å²) < 4.78 is 0.916. The van der Waals surface area contributed by atoms with Crippen LogP contribution in [0, 0.1) is 0 Å². The summed E-state index contributed by atoms with van der Waals surface area (Å²) in [5.41, 5.74) is 1.19. The van der Waals surface area contributed by atoms with Gasteiger partial charge in [-0.25, -0.2) is 4.79 Å². The van der Waals surface area contributed by atoms with E-state index in [1.54, 1.807) is 12.1 Å². The molecule has 1 aromatic carbocycles. The largest absolute Gasteiger partial charge is 0.478 e. The molecule has 19 heavy (non-hydrogen) atoms. The van der Waals surface area contributed by atoms with Crippen molar-refractivity contribution in [2.24, 2.45) is 0 Å². The highest BCUT2D eigenvalue weighted by Gasteiger charge is 2.22. The number of rotatable bonds is 3. The van der Waals surface area contributed by atoms with Crippen molar-refractivity contribution < 1.29 is 9.90 Å². The minimum Gasteiger partial charge on any atom is -0.478 e. The van der Waals surface area contributed by atoms with E-state index >= 15 is 0 Å². The zero-order valence-corrected chi connectivity index (χ0v) is 12.9. The molecule has 1 heterocycles. The van der Waals surface area contributed by atoms with E-state index in [1.165, 1.54) is 0 Å². The molecular weight excluding hydrogens is 308 g/mol. The van der Waals surface area contributed by atoms with Gasteiger partial charge in [0.1, 0.15) is 0 Å². The molecular formula is C14H19BrN2O2. The van der Waals surface area contributed by atoms with Crippen LogP contribution in [-0.2, 0) is 0 Å². The molecule has 1 N–H and O–H groups in total. The van der Waals surface area contributed by atoms with Crippen LogP contribution in [0.2, 0.25) is 0 Å². The molecule has 1 saturated heterocycles. The van der Waals surface area contributed by atoms with Gasteiger partial charge in [0.2, 0.25) is 0 Å². The third-order valence-electron chi connectivity index (χ3n) is 3.58. The van der Waals surface area contributed by atoms with Crippen LogP contribution in [0.25, 0.3) is 0 Å². The lowest BCUT2D eigenvalue weighted by Gasteiger charge is -2.38. The Hall–Kier alpha value is -1.07. The minimum atomic E-state index is -0.867. The van der Waals surface area contributed by atoms with E-state index in [2.05, 4.69) is 39.6 Å². The summed E-state index contributed by atoms with van der Waals surface area (Å²) in [7, 11) is 0. The third-order valence-corrected chi connectivity index (χ3v) is 4.07. The van der Waals surface area contributed by atoms with Gasteiger partial charge < -0.3 is 10.0 Å². The van der Waals surface area contributed by atoms with E-state index in [9.17, 15) is 9.90 Å². The monoisotopic (exact) mass is 326 g/mol. The van der Waals surface area contributed by atoms with Gasteiger partial charge in [-0.1, -0.05) is 15.9 Å². The molecule has 104 valence electrons. The molecule has 0 unspecified atom stereocenters. The normalized spacial score (nSPS) is 16.9. The first-order valence-electron chi connectivity index (χ1n) is 6.51. The Labute approximate surface area is 122 Å². The van der Waals surface area contributed by atoms with Crippen molar-refractivity contribution in [1.82, 2.24) is 4.90 Å². The standard InChI is InChI=1S/C14H19BrN2O2/c1-10(2)16-5-7-17(8-6-16)13-9-11(15)3-4-12(13)14(18)19/h3-4,9-10H,5-8H2,1-2H3,(H,18,19). The number of carboxylic acid groups (broad SMARTS) is 1. The lowest BCUT2D eigenvalue weighted by Crippen LogP contribution is -2.49. The van der Waals surface area contributed by atoms with Crippen LogP contribution in [-0.4, -0.2) is 48.2 Å².